The van der Waals surface area contributed by atoms with Crippen molar-refractivity contribution in [2.24, 2.45) is 5.73 Å². The van der Waals surface area contributed by atoms with Crippen molar-refractivity contribution in [3.05, 3.63) is 29.8 Å². The summed E-state index contributed by atoms with van der Waals surface area (Å²) in [5, 5.41) is 3.48. The minimum Gasteiger partial charge on any atom is -0.467 e. The molecule has 0 aliphatic heterocycles. The third-order valence-electron chi connectivity index (χ3n) is 4.52. The van der Waals surface area contributed by atoms with E-state index in [0.717, 1.165) is 18.5 Å². The summed E-state index contributed by atoms with van der Waals surface area (Å²) < 4.78 is 10.2. The lowest BCUT2D eigenvalue weighted by molar-refractivity contribution is -0.171. The summed E-state index contributed by atoms with van der Waals surface area (Å²) in [5.74, 6) is -1.67. The molecular formula is C20H30N2O4. The second-order valence-electron chi connectivity index (χ2n) is 7.86. The number of carbonyl (C=O) groups excluding carboxylic acids is 2. The zero-order chi connectivity index (χ0) is 19.4. The van der Waals surface area contributed by atoms with Crippen molar-refractivity contribution in [3.63, 3.8) is 0 Å². The molecule has 6 nitrogen and oxygen atoms in total. The second kappa shape index (κ2) is 8.08. The summed E-state index contributed by atoms with van der Waals surface area (Å²) in [6, 6.07) is 7.45. The highest BCUT2D eigenvalue weighted by atomic mass is 16.6. The Morgan fingerprint density at radius 3 is 2.35 bits per heavy atom. The number of carbonyl (C=O) groups is 2. The fourth-order valence-corrected chi connectivity index (χ4v) is 3.18. The number of hydrogen-bond donors (Lipinski definition) is 2. The molecule has 0 aromatic heterocycles. The SMILES string of the molecule is COC(=O)C(N)(C(=O)OC(C)(C)C)c1cccc(NC2CCCCC2)c1. The minimum atomic E-state index is -2.01. The predicted molar refractivity (Wildman–Crippen MR) is 101 cm³/mol. The van der Waals surface area contributed by atoms with Crippen LogP contribution in [0.4, 0.5) is 5.69 Å². The van der Waals surface area contributed by atoms with Crippen molar-refractivity contribution in [2.75, 3.05) is 12.4 Å². The number of benzene rings is 1. The number of hydrogen-bond acceptors (Lipinski definition) is 6. The zero-order valence-corrected chi connectivity index (χ0v) is 16.1. The fourth-order valence-electron chi connectivity index (χ4n) is 3.18. The molecule has 1 aromatic carbocycles. The van der Waals surface area contributed by atoms with Crippen molar-refractivity contribution < 1.29 is 19.1 Å². The Hall–Kier alpha value is -2.08. The van der Waals surface area contributed by atoms with E-state index in [4.69, 9.17) is 15.2 Å². The van der Waals surface area contributed by atoms with Crippen molar-refractivity contribution in [2.45, 2.75) is 70.1 Å². The Kier molecular flexibility index (Phi) is 6.29. The van der Waals surface area contributed by atoms with Crippen molar-refractivity contribution in [1.29, 1.82) is 0 Å². The first-order valence-electron chi connectivity index (χ1n) is 9.14. The molecule has 0 heterocycles. The lowest BCUT2D eigenvalue weighted by Gasteiger charge is -2.30. The molecule has 0 amide bonds. The van der Waals surface area contributed by atoms with E-state index >= 15 is 0 Å². The van der Waals surface area contributed by atoms with Crippen LogP contribution in [0.25, 0.3) is 0 Å². The van der Waals surface area contributed by atoms with Gasteiger partial charge in [0.1, 0.15) is 5.60 Å². The Bertz CT molecular complexity index is 647. The van der Waals surface area contributed by atoms with Crippen LogP contribution in [0.3, 0.4) is 0 Å². The lowest BCUT2D eigenvalue weighted by atomic mass is 9.90. The molecule has 0 saturated heterocycles. The smallest absolute Gasteiger partial charge is 0.343 e. The van der Waals surface area contributed by atoms with Crippen molar-refractivity contribution in [1.82, 2.24) is 0 Å². The van der Waals surface area contributed by atoms with Gasteiger partial charge in [-0.1, -0.05) is 31.4 Å². The van der Waals surface area contributed by atoms with Crippen molar-refractivity contribution in [3.8, 4) is 0 Å². The zero-order valence-electron chi connectivity index (χ0n) is 16.1. The van der Waals surface area contributed by atoms with Crippen molar-refractivity contribution >= 4 is 17.6 Å². The molecule has 1 saturated carbocycles. The summed E-state index contributed by atoms with van der Waals surface area (Å²) in [6.45, 7) is 5.18. The molecule has 144 valence electrons. The van der Waals surface area contributed by atoms with Gasteiger partial charge in [-0.25, -0.2) is 9.59 Å². The average molecular weight is 362 g/mol. The third kappa shape index (κ3) is 4.75. The van der Waals surface area contributed by atoms with E-state index in [1.807, 2.05) is 6.07 Å². The molecule has 1 aliphatic rings. The molecule has 3 N–H and O–H groups in total. The Labute approximate surface area is 155 Å². The molecule has 1 unspecified atom stereocenters. The number of ether oxygens (including phenoxy) is 2. The summed E-state index contributed by atoms with van der Waals surface area (Å²) in [5.41, 5.74) is 4.65. The summed E-state index contributed by atoms with van der Waals surface area (Å²) in [4.78, 5) is 25.1. The maximum atomic E-state index is 12.7. The van der Waals surface area contributed by atoms with Crippen LogP contribution in [-0.2, 0) is 24.6 Å². The van der Waals surface area contributed by atoms with Crippen LogP contribution in [0.15, 0.2) is 24.3 Å². The number of nitrogens with two attached hydrogens (primary N) is 1. The molecule has 6 heteroatoms. The standard InChI is InChI=1S/C20H30N2O4/c1-19(2,3)26-18(24)20(21,17(23)25-4)14-9-8-12-16(13-14)22-15-10-6-5-7-11-15/h8-9,12-13,15,22H,5-7,10-11,21H2,1-4H3. The highest BCUT2D eigenvalue weighted by Gasteiger charge is 2.48. The van der Waals surface area contributed by atoms with Crippen LogP contribution >= 0.6 is 0 Å². The molecule has 1 fully saturated rings. The Balaban J connectivity index is 2.31. The van der Waals surface area contributed by atoms with Gasteiger partial charge in [-0.05, 0) is 51.3 Å². The van der Waals surface area contributed by atoms with Gasteiger partial charge in [-0.2, -0.15) is 0 Å². The first kappa shape index (κ1) is 20.2. The molecule has 0 bridgehead atoms. The number of esters is 2. The third-order valence-corrected chi connectivity index (χ3v) is 4.52. The first-order valence-corrected chi connectivity index (χ1v) is 9.14. The highest BCUT2D eigenvalue weighted by molar-refractivity contribution is 6.05. The van der Waals surface area contributed by atoms with E-state index in [-0.39, 0.29) is 0 Å². The van der Waals surface area contributed by atoms with Gasteiger partial charge >= 0.3 is 11.9 Å². The van der Waals surface area contributed by atoms with Gasteiger partial charge < -0.3 is 20.5 Å². The normalized spacial score (nSPS) is 17.9. The maximum Gasteiger partial charge on any atom is 0.343 e. The largest absolute Gasteiger partial charge is 0.467 e. The molecule has 1 aliphatic carbocycles. The number of methoxy groups -OCH3 is 1. The van der Waals surface area contributed by atoms with Crippen LogP contribution in [0, 0.1) is 0 Å². The number of rotatable bonds is 5. The average Bonchev–Trinajstić information content (AvgIpc) is 2.60. The molecule has 1 atom stereocenters. The van der Waals surface area contributed by atoms with E-state index < -0.39 is 23.1 Å². The van der Waals surface area contributed by atoms with E-state index in [1.165, 1.54) is 26.4 Å². The van der Waals surface area contributed by atoms with Crippen LogP contribution in [0.2, 0.25) is 0 Å². The van der Waals surface area contributed by atoms with Gasteiger partial charge in [0.15, 0.2) is 0 Å². The molecular weight excluding hydrogens is 332 g/mol. The van der Waals surface area contributed by atoms with E-state index in [2.05, 4.69) is 5.32 Å². The summed E-state index contributed by atoms with van der Waals surface area (Å²) in [6.07, 6.45) is 5.91. The molecule has 2 rings (SSSR count). The molecule has 26 heavy (non-hydrogen) atoms. The Morgan fingerprint density at radius 2 is 1.77 bits per heavy atom. The topological polar surface area (TPSA) is 90.7 Å². The molecule has 0 spiro atoms. The van der Waals surface area contributed by atoms with Gasteiger partial charge in [0.05, 0.1) is 7.11 Å². The summed E-state index contributed by atoms with van der Waals surface area (Å²) in [7, 11) is 1.21. The van der Waals surface area contributed by atoms with Gasteiger partial charge in [0, 0.05) is 11.7 Å². The van der Waals surface area contributed by atoms with Gasteiger partial charge in [-0.15, -0.1) is 0 Å². The first-order chi connectivity index (χ1) is 12.2. The van der Waals surface area contributed by atoms with Gasteiger partial charge in [0.25, 0.3) is 0 Å². The molecule has 0 radical (unpaired) electrons. The Morgan fingerprint density at radius 1 is 1.12 bits per heavy atom. The number of nitrogens with one attached hydrogen (secondary N) is 1. The summed E-state index contributed by atoms with van der Waals surface area (Å²) >= 11 is 0. The van der Waals surface area contributed by atoms with Gasteiger partial charge in [0.2, 0.25) is 5.54 Å². The number of anilines is 1. The van der Waals surface area contributed by atoms with E-state index in [1.54, 1.807) is 39.0 Å². The van der Waals surface area contributed by atoms with Crippen LogP contribution in [0.1, 0.15) is 58.4 Å². The molecule has 1 aromatic rings. The van der Waals surface area contributed by atoms with Gasteiger partial charge in [-0.3, -0.25) is 0 Å². The predicted octanol–water partition coefficient (Wildman–Crippen LogP) is 3.10. The van der Waals surface area contributed by atoms with E-state index in [0.29, 0.717) is 11.6 Å². The maximum absolute atomic E-state index is 12.7. The lowest BCUT2D eigenvalue weighted by Crippen LogP contribution is -2.54. The highest BCUT2D eigenvalue weighted by Crippen LogP contribution is 2.28. The quantitative estimate of drug-likeness (QED) is 0.618. The second-order valence-corrected chi connectivity index (χ2v) is 7.86. The fraction of sp³-hybridized carbons (Fsp3) is 0.600. The monoisotopic (exact) mass is 362 g/mol. The van der Waals surface area contributed by atoms with Crippen LogP contribution in [0.5, 0.6) is 0 Å². The minimum absolute atomic E-state index is 0.347. The van der Waals surface area contributed by atoms with Crippen LogP contribution < -0.4 is 11.1 Å². The van der Waals surface area contributed by atoms with Crippen LogP contribution in [-0.4, -0.2) is 30.7 Å². The van der Waals surface area contributed by atoms with E-state index in [9.17, 15) is 9.59 Å².